The molecule has 3 heterocycles. The number of likely N-dealkylation sites (tertiary alicyclic amines) is 2. The summed E-state index contributed by atoms with van der Waals surface area (Å²) < 4.78 is 0. The molecule has 1 aromatic heterocycles. The minimum Gasteiger partial charge on any atom is -0.342 e. The zero-order valence-electron chi connectivity index (χ0n) is 13.2. The number of carbonyl (C=O) groups is 2. The molecule has 0 aliphatic carbocycles. The van der Waals surface area contributed by atoms with Gasteiger partial charge in [-0.1, -0.05) is 13.0 Å². The molecule has 4 nitrogen and oxygen atoms in total. The molecule has 5 heteroatoms. The standard InChI is InChI=1S/C17H24N2O2S/c1-13-4-2-8-19(12-13)16(20)14-6-9-18(10-7-14)17(21)15-5-3-11-22-15/h3,5,11,13-14H,2,4,6-10,12H2,1H3. The van der Waals surface area contributed by atoms with E-state index < -0.39 is 0 Å². The largest absolute Gasteiger partial charge is 0.342 e. The zero-order valence-corrected chi connectivity index (χ0v) is 14.0. The quantitative estimate of drug-likeness (QED) is 0.841. The van der Waals surface area contributed by atoms with E-state index in [0.29, 0.717) is 24.9 Å². The van der Waals surface area contributed by atoms with Gasteiger partial charge in [0.2, 0.25) is 5.91 Å². The first-order valence-corrected chi connectivity index (χ1v) is 9.14. The summed E-state index contributed by atoms with van der Waals surface area (Å²) >= 11 is 1.49. The molecule has 22 heavy (non-hydrogen) atoms. The van der Waals surface area contributed by atoms with Gasteiger partial charge in [-0.3, -0.25) is 9.59 Å². The molecule has 2 saturated heterocycles. The molecule has 1 unspecified atom stereocenters. The molecule has 2 aliphatic rings. The van der Waals surface area contributed by atoms with Crippen LogP contribution in [0.4, 0.5) is 0 Å². The normalized spacial score (nSPS) is 23.6. The van der Waals surface area contributed by atoms with Gasteiger partial charge in [0.15, 0.2) is 0 Å². The third-order valence-electron chi connectivity index (χ3n) is 4.83. The van der Waals surface area contributed by atoms with Crippen LogP contribution in [0.15, 0.2) is 17.5 Å². The maximum absolute atomic E-state index is 12.6. The van der Waals surface area contributed by atoms with Crippen molar-refractivity contribution in [2.24, 2.45) is 11.8 Å². The van der Waals surface area contributed by atoms with Crippen molar-refractivity contribution in [1.82, 2.24) is 9.80 Å². The lowest BCUT2D eigenvalue weighted by molar-refractivity contribution is -0.138. The Balaban J connectivity index is 1.53. The van der Waals surface area contributed by atoms with Crippen LogP contribution in [0.1, 0.15) is 42.3 Å². The molecule has 120 valence electrons. The number of nitrogens with zero attached hydrogens (tertiary/aromatic N) is 2. The molecule has 2 amide bonds. The Morgan fingerprint density at radius 2 is 1.91 bits per heavy atom. The highest BCUT2D eigenvalue weighted by molar-refractivity contribution is 7.12. The lowest BCUT2D eigenvalue weighted by atomic mass is 9.92. The summed E-state index contributed by atoms with van der Waals surface area (Å²) in [5.41, 5.74) is 0. The fourth-order valence-corrected chi connectivity index (χ4v) is 4.22. The first kappa shape index (κ1) is 15.5. The Morgan fingerprint density at radius 3 is 2.55 bits per heavy atom. The van der Waals surface area contributed by atoms with E-state index in [1.54, 1.807) is 0 Å². The van der Waals surface area contributed by atoms with Gasteiger partial charge in [0.25, 0.3) is 5.91 Å². The van der Waals surface area contributed by atoms with Crippen LogP contribution in [0.5, 0.6) is 0 Å². The maximum Gasteiger partial charge on any atom is 0.263 e. The summed E-state index contributed by atoms with van der Waals surface area (Å²) in [6, 6.07) is 3.78. The molecule has 3 rings (SSSR count). The van der Waals surface area contributed by atoms with E-state index in [1.807, 2.05) is 22.4 Å². The average Bonchev–Trinajstić information content (AvgIpc) is 3.08. The van der Waals surface area contributed by atoms with Crippen molar-refractivity contribution in [3.05, 3.63) is 22.4 Å². The molecule has 0 bridgehead atoms. The Morgan fingerprint density at radius 1 is 1.14 bits per heavy atom. The Bertz CT molecular complexity index is 521. The van der Waals surface area contributed by atoms with E-state index in [2.05, 4.69) is 11.8 Å². The molecule has 0 spiro atoms. The summed E-state index contributed by atoms with van der Waals surface area (Å²) in [7, 11) is 0. The van der Waals surface area contributed by atoms with Gasteiger partial charge in [-0.25, -0.2) is 0 Å². The van der Waals surface area contributed by atoms with Gasteiger partial charge in [-0.2, -0.15) is 0 Å². The molecule has 2 fully saturated rings. The van der Waals surface area contributed by atoms with Crippen molar-refractivity contribution in [2.75, 3.05) is 26.2 Å². The van der Waals surface area contributed by atoms with Gasteiger partial charge in [0, 0.05) is 32.1 Å². The number of hydrogen-bond acceptors (Lipinski definition) is 3. The van der Waals surface area contributed by atoms with Gasteiger partial charge in [-0.15, -0.1) is 11.3 Å². The molecule has 0 radical (unpaired) electrons. The number of carbonyl (C=O) groups excluding carboxylic acids is 2. The number of thiophene rings is 1. The number of amides is 2. The Labute approximate surface area is 136 Å². The first-order valence-electron chi connectivity index (χ1n) is 8.26. The topological polar surface area (TPSA) is 40.6 Å². The molecule has 2 aliphatic heterocycles. The molecular formula is C17H24N2O2S. The van der Waals surface area contributed by atoms with Gasteiger partial charge < -0.3 is 9.80 Å². The second-order valence-corrected chi connectivity index (χ2v) is 7.52. The number of piperidine rings is 2. The fourth-order valence-electron chi connectivity index (χ4n) is 3.53. The third-order valence-corrected chi connectivity index (χ3v) is 5.69. The third kappa shape index (κ3) is 3.35. The molecule has 0 N–H and O–H groups in total. The summed E-state index contributed by atoms with van der Waals surface area (Å²) in [5, 5.41) is 1.93. The highest BCUT2D eigenvalue weighted by Crippen LogP contribution is 2.25. The lowest BCUT2D eigenvalue weighted by Crippen LogP contribution is -2.46. The van der Waals surface area contributed by atoms with Gasteiger partial charge in [-0.05, 0) is 43.0 Å². The highest BCUT2D eigenvalue weighted by atomic mass is 32.1. The van der Waals surface area contributed by atoms with Crippen LogP contribution >= 0.6 is 11.3 Å². The van der Waals surface area contributed by atoms with E-state index >= 15 is 0 Å². The Hall–Kier alpha value is -1.36. The fraction of sp³-hybridized carbons (Fsp3) is 0.647. The molecule has 1 aromatic rings. The van der Waals surface area contributed by atoms with Gasteiger partial charge in [0.1, 0.15) is 0 Å². The van der Waals surface area contributed by atoms with Crippen molar-refractivity contribution >= 4 is 23.2 Å². The molecule has 1 atom stereocenters. The van der Waals surface area contributed by atoms with Crippen molar-refractivity contribution in [1.29, 1.82) is 0 Å². The molecule has 0 saturated carbocycles. The van der Waals surface area contributed by atoms with Crippen LogP contribution in [0.2, 0.25) is 0 Å². The van der Waals surface area contributed by atoms with E-state index in [4.69, 9.17) is 0 Å². The zero-order chi connectivity index (χ0) is 15.5. The van der Waals surface area contributed by atoms with E-state index in [-0.39, 0.29) is 11.8 Å². The summed E-state index contributed by atoms with van der Waals surface area (Å²) in [4.78, 5) is 29.7. The van der Waals surface area contributed by atoms with Gasteiger partial charge in [0.05, 0.1) is 4.88 Å². The van der Waals surface area contributed by atoms with Crippen molar-refractivity contribution in [3.8, 4) is 0 Å². The van der Waals surface area contributed by atoms with E-state index in [1.165, 1.54) is 17.8 Å². The second kappa shape index (κ2) is 6.82. The number of hydrogen-bond donors (Lipinski definition) is 0. The van der Waals surface area contributed by atoms with E-state index in [9.17, 15) is 9.59 Å². The lowest BCUT2D eigenvalue weighted by Gasteiger charge is -2.37. The summed E-state index contributed by atoms with van der Waals surface area (Å²) in [6.07, 6.45) is 3.97. The van der Waals surface area contributed by atoms with Crippen LogP contribution < -0.4 is 0 Å². The predicted octanol–water partition coefficient (Wildman–Crippen LogP) is 2.86. The average molecular weight is 320 g/mol. The number of rotatable bonds is 2. The van der Waals surface area contributed by atoms with Crippen LogP contribution in [-0.2, 0) is 4.79 Å². The van der Waals surface area contributed by atoms with Gasteiger partial charge >= 0.3 is 0 Å². The highest BCUT2D eigenvalue weighted by Gasteiger charge is 2.32. The minimum absolute atomic E-state index is 0.109. The SMILES string of the molecule is CC1CCCN(C(=O)C2CCN(C(=O)c3cccs3)CC2)C1. The monoisotopic (exact) mass is 320 g/mol. The van der Waals surface area contributed by atoms with Crippen LogP contribution in [-0.4, -0.2) is 47.8 Å². The maximum atomic E-state index is 12.6. The smallest absolute Gasteiger partial charge is 0.263 e. The van der Waals surface area contributed by atoms with Crippen LogP contribution in [0.25, 0.3) is 0 Å². The predicted molar refractivity (Wildman–Crippen MR) is 87.9 cm³/mol. The first-order chi connectivity index (χ1) is 10.6. The van der Waals surface area contributed by atoms with Crippen molar-refractivity contribution in [3.63, 3.8) is 0 Å². The molecular weight excluding hydrogens is 296 g/mol. The molecule has 0 aromatic carbocycles. The summed E-state index contributed by atoms with van der Waals surface area (Å²) in [5.74, 6) is 1.16. The van der Waals surface area contributed by atoms with Crippen molar-refractivity contribution < 1.29 is 9.59 Å². The van der Waals surface area contributed by atoms with Crippen LogP contribution in [0.3, 0.4) is 0 Å². The summed E-state index contributed by atoms with van der Waals surface area (Å²) in [6.45, 7) is 5.46. The van der Waals surface area contributed by atoms with Crippen molar-refractivity contribution in [2.45, 2.75) is 32.6 Å². The Kier molecular flexibility index (Phi) is 4.81. The van der Waals surface area contributed by atoms with Crippen LogP contribution in [0, 0.1) is 11.8 Å². The minimum atomic E-state index is 0.109. The second-order valence-electron chi connectivity index (χ2n) is 6.58. The van der Waals surface area contributed by atoms with E-state index in [0.717, 1.165) is 37.2 Å².